The number of esters is 1. The molecule has 1 rings (SSSR count). The molecule has 0 N–H and O–H groups in total. The zero-order valence-corrected chi connectivity index (χ0v) is 10.2. The Bertz CT molecular complexity index is 501. The van der Waals surface area contributed by atoms with Crippen molar-refractivity contribution in [3.8, 4) is 6.07 Å². The van der Waals surface area contributed by atoms with Gasteiger partial charge in [0, 0.05) is 6.20 Å². The van der Waals surface area contributed by atoms with Crippen molar-refractivity contribution in [3.05, 3.63) is 28.0 Å². The van der Waals surface area contributed by atoms with Gasteiger partial charge in [0.2, 0.25) is 0 Å². The maximum absolute atomic E-state index is 12.6. The summed E-state index contributed by atoms with van der Waals surface area (Å²) in [5.41, 5.74) is -0.854. The van der Waals surface area contributed by atoms with Crippen LogP contribution in [0, 0.1) is 11.3 Å². The van der Waals surface area contributed by atoms with E-state index in [1.165, 1.54) is 0 Å². The molecule has 0 saturated carbocycles. The summed E-state index contributed by atoms with van der Waals surface area (Å²) < 4.78 is 29.8. The first-order chi connectivity index (χ1) is 8.51. The second-order valence-corrected chi connectivity index (χ2v) is 3.62. The number of nitrogens with zero attached hydrogens (tertiary/aromatic N) is 2. The van der Waals surface area contributed by atoms with Crippen LogP contribution in [0.5, 0.6) is 0 Å². The molecule has 1 aromatic rings. The first-order valence-electron chi connectivity index (χ1n) is 5.02. The molecular weight excluding hydrogens is 266 g/mol. The molecule has 7 heteroatoms. The molecule has 0 spiro atoms. The van der Waals surface area contributed by atoms with E-state index < -0.39 is 18.0 Å². The second kappa shape index (κ2) is 6.26. The molecule has 4 nitrogen and oxygen atoms in total. The number of alkyl halides is 2. The van der Waals surface area contributed by atoms with Crippen molar-refractivity contribution in [1.82, 2.24) is 4.98 Å². The van der Waals surface area contributed by atoms with Crippen molar-refractivity contribution in [3.63, 3.8) is 0 Å². The molecule has 0 bridgehead atoms. The highest BCUT2D eigenvalue weighted by molar-refractivity contribution is 6.32. The van der Waals surface area contributed by atoms with Crippen molar-refractivity contribution < 1.29 is 18.3 Å². The first kappa shape index (κ1) is 14.3. The molecule has 18 heavy (non-hydrogen) atoms. The lowest BCUT2D eigenvalue weighted by molar-refractivity contribution is -0.142. The van der Waals surface area contributed by atoms with Gasteiger partial charge >= 0.3 is 5.97 Å². The Balaban J connectivity index is 3.11. The molecule has 0 aliphatic rings. The highest BCUT2D eigenvalue weighted by Gasteiger charge is 2.20. The Labute approximate surface area is 107 Å². The van der Waals surface area contributed by atoms with Crippen LogP contribution in [0.15, 0.2) is 6.20 Å². The summed E-state index contributed by atoms with van der Waals surface area (Å²) in [5, 5.41) is 8.57. The molecule has 0 fully saturated rings. The van der Waals surface area contributed by atoms with Crippen molar-refractivity contribution in [1.29, 1.82) is 5.26 Å². The van der Waals surface area contributed by atoms with Crippen molar-refractivity contribution in [2.24, 2.45) is 0 Å². The summed E-state index contributed by atoms with van der Waals surface area (Å²) in [4.78, 5) is 14.9. The highest BCUT2D eigenvalue weighted by Crippen LogP contribution is 2.29. The highest BCUT2D eigenvalue weighted by atomic mass is 35.5. The number of hydrogen-bond acceptors (Lipinski definition) is 4. The number of nitriles is 1. The van der Waals surface area contributed by atoms with E-state index in [1.807, 2.05) is 0 Å². The van der Waals surface area contributed by atoms with Crippen LogP contribution in [0.1, 0.15) is 30.2 Å². The minimum Gasteiger partial charge on any atom is -0.466 e. The number of halogens is 3. The molecule has 0 atom stereocenters. The molecule has 1 aromatic heterocycles. The number of hydrogen-bond donors (Lipinski definition) is 0. The van der Waals surface area contributed by atoms with E-state index in [4.69, 9.17) is 16.9 Å². The van der Waals surface area contributed by atoms with E-state index in [0.717, 1.165) is 6.20 Å². The second-order valence-electron chi connectivity index (χ2n) is 3.24. The fourth-order valence-corrected chi connectivity index (χ4v) is 1.56. The van der Waals surface area contributed by atoms with Gasteiger partial charge in [-0.25, -0.2) is 8.78 Å². The fraction of sp³-hybridized carbons (Fsp3) is 0.364. The number of carbonyl (C=O) groups excluding carboxylic acids is 1. The van der Waals surface area contributed by atoms with Crippen molar-refractivity contribution in [2.45, 2.75) is 19.8 Å². The lowest BCUT2D eigenvalue weighted by Gasteiger charge is -2.08. The average Bonchev–Trinajstić information content (AvgIpc) is 2.31. The molecular formula is C11H9ClF2N2O2. The summed E-state index contributed by atoms with van der Waals surface area (Å²) >= 11 is 5.78. The summed E-state index contributed by atoms with van der Waals surface area (Å²) in [6.45, 7) is 1.82. The van der Waals surface area contributed by atoms with E-state index >= 15 is 0 Å². The van der Waals surface area contributed by atoms with E-state index in [1.54, 1.807) is 13.0 Å². The number of carbonyl (C=O) groups is 1. The van der Waals surface area contributed by atoms with Crippen molar-refractivity contribution >= 4 is 17.6 Å². The van der Waals surface area contributed by atoms with Gasteiger partial charge in [0.1, 0.15) is 6.07 Å². The van der Waals surface area contributed by atoms with Crippen molar-refractivity contribution in [2.75, 3.05) is 6.61 Å². The standard InChI is InChI=1S/C11H9ClF2N2O2/c1-2-18-9(17)3-8-10(12)6(4-15)7(5-16-8)11(13)14/h5,11H,2-3H2,1H3. The summed E-state index contributed by atoms with van der Waals surface area (Å²) in [6.07, 6.45) is -2.25. The lowest BCUT2D eigenvalue weighted by atomic mass is 10.1. The number of pyridine rings is 1. The van der Waals surface area contributed by atoms with E-state index in [9.17, 15) is 13.6 Å². The number of ether oxygens (including phenoxy) is 1. The predicted octanol–water partition coefficient (Wildman–Crippen LogP) is 2.65. The Morgan fingerprint density at radius 3 is 2.83 bits per heavy atom. The van der Waals surface area contributed by atoms with Crippen LogP contribution < -0.4 is 0 Å². The Morgan fingerprint density at radius 2 is 2.33 bits per heavy atom. The maximum atomic E-state index is 12.6. The minimum absolute atomic E-state index is 0.0519. The molecule has 96 valence electrons. The number of aromatic nitrogens is 1. The Morgan fingerprint density at radius 1 is 1.67 bits per heavy atom. The van der Waals surface area contributed by atoms with Crippen LogP contribution in [-0.2, 0) is 16.0 Å². The zero-order valence-electron chi connectivity index (χ0n) is 9.41. The van der Waals surface area contributed by atoms with Gasteiger partial charge in [-0.3, -0.25) is 9.78 Å². The quantitative estimate of drug-likeness (QED) is 0.792. The summed E-state index contributed by atoms with van der Waals surface area (Å²) in [7, 11) is 0. The molecule has 0 aliphatic heterocycles. The minimum atomic E-state index is -2.85. The van der Waals surface area contributed by atoms with Gasteiger partial charge in [0.25, 0.3) is 6.43 Å². The Kier molecular flexibility index (Phi) is 4.98. The van der Waals surface area contributed by atoms with Gasteiger partial charge in [-0.2, -0.15) is 5.26 Å². The van der Waals surface area contributed by atoms with E-state index in [0.29, 0.717) is 0 Å². The van der Waals surface area contributed by atoms with Gasteiger partial charge in [-0.05, 0) is 6.92 Å². The molecule has 0 saturated heterocycles. The van der Waals surface area contributed by atoms with Gasteiger partial charge in [0.15, 0.2) is 0 Å². The molecule has 0 unspecified atom stereocenters. The van der Waals surface area contributed by atoms with Crippen LogP contribution in [0.25, 0.3) is 0 Å². The van der Waals surface area contributed by atoms with Gasteiger partial charge in [-0.15, -0.1) is 0 Å². The molecule has 1 heterocycles. The topological polar surface area (TPSA) is 63.0 Å². The van der Waals surface area contributed by atoms with Crippen LogP contribution in [-0.4, -0.2) is 17.6 Å². The van der Waals surface area contributed by atoms with Crippen LogP contribution in [0.4, 0.5) is 8.78 Å². The third kappa shape index (κ3) is 3.14. The zero-order chi connectivity index (χ0) is 13.7. The number of rotatable bonds is 4. The molecule has 0 amide bonds. The largest absolute Gasteiger partial charge is 0.466 e. The summed E-state index contributed by atoms with van der Waals surface area (Å²) in [6, 6.07) is 1.59. The average molecular weight is 275 g/mol. The molecule has 0 radical (unpaired) electrons. The maximum Gasteiger partial charge on any atom is 0.311 e. The van der Waals surface area contributed by atoms with Gasteiger partial charge in [0.05, 0.1) is 34.9 Å². The third-order valence-corrected chi connectivity index (χ3v) is 2.49. The van der Waals surface area contributed by atoms with E-state index in [2.05, 4.69) is 9.72 Å². The van der Waals surface area contributed by atoms with E-state index in [-0.39, 0.29) is 29.3 Å². The monoisotopic (exact) mass is 274 g/mol. The Hall–Kier alpha value is -1.74. The smallest absolute Gasteiger partial charge is 0.311 e. The van der Waals surface area contributed by atoms with Crippen LogP contribution in [0.3, 0.4) is 0 Å². The molecule has 0 aromatic carbocycles. The van der Waals surface area contributed by atoms with Gasteiger partial charge < -0.3 is 4.74 Å². The SMILES string of the molecule is CCOC(=O)Cc1ncc(C(F)F)c(C#N)c1Cl. The third-order valence-electron chi connectivity index (χ3n) is 2.09. The predicted molar refractivity (Wildman–Crippen MR) is 59.3 cm³/mol. The van der Waals surface area contributed by atoms with Gasteiger partial charge in [-0.1, -0.05) is 11.6 Å². The normalized spacial score (nSPS) is 10.2. The first-order valence-corrected chi connectivity index (χ1v) is 5.40. The van der Waals surface area contributed by atoms with Crippen LogP contribution >= 0.6 is 11.6 Å². The summed E-state index contributed by atoms with van der Waals surface area (Å²) in [5.74, 6) is -0.583. The fourth-order valence-electron chi connectivity index (χ4n) is 1.29. The van der Waals surface area contributed by atoms with Crippen LogP contribution in [0.2, 0.25) is 5.02 Å². The lowest BCUT2D eigenvalue weighted by Crippen LogP contribution is -2.10. The molecule has 0 aliphatic carbocycles.